The topological polar surface area (TPSA) is 88.4 Å². The molecule has 2 aliphatic rings. The molecule has 0 spiro atoms. The van der Waals surface area contributed by atoms with E-state index in [2.05, 4.69) is 0 Å². The van der Waals surface area contributed by atoms with Crippen molar-refractivity contribution >= 4 is 23.4 Å². The second kappa shape index (κ2) is 7.77. The predicted molar refractivity (Wildman–Crippen MR) is 122 cm³/mol. The standard InChI is InChI=1S/C24H22N2O6S/c1-24-19(22(28)31-4)20(14-7-5-6-8-15(14)32-24)26-21(27)18(33-23(26)25-24)12-13-9-10-16(29-2)17(11-13)30-3/h5-12,19-20H,1-4H3/b18-12+. The Labute approximate surface area is 193 Å². The second-order valence-electron chi connectivity index (χ2n) is 7.93. The Morgan fingerprint density at radius 2 is 1.91 bits per heavy atom. The summed E-state index contributed by atoms with van der Waals surface area (Å²) in [5.41, 5.74) is 0.105. The highest BCUT2D eigenvalue weighted by Crippen LogP contribution is 2.47. The Balaban J connectivity index is 1.74. The van der Waals surface area contributed by atoms with E-state index in [-0.39, 0.29) is 5.56 Å². The number of hydrogen-bond acceptors (Lipinski definition) is 8. The normalized spacial score (nSPS) is 23.0. The van der Waals surface area contributed by atoms with Gasteiger partial charge in [0.15, 0.2) is 16.3 Å². The molecule has 5 rings (SSSR count). The number of nitrogens with zero attached hydrogens (tertiary/aromatic N) is 2. The van der Waals surface area contributed by atoms with Gasteiger partial charge in [-0.1, -0.05) is 35.6 Å². The summed E-state index contributed by atoms with van der Waals surface area (Å²) < 4.78 is 24.0. The molecule has 3 unspecified atom stereocenters. The highest BCUT2D eigenvalue weighted by molar-refractivity contribution is 7.07. The van der Waals surface area contributed by atoms with E-state index < -0.39 is 23.7 Å². The first-order valence-corrected chi connectivity index (χ1v) is 11.1. The van der Waals surface area contributed by atoms with Gasteiger partial charge in [0.1, 0.15) is 11.7 Å². The van der Waals surface area contributed by atoms with Gasteiger partial charge in [-0.15, -0.1) is 0 Å². The van der Waals surface area contributed by atoms with Crippen molar-refractivity contribution in [3.63, 3.8) is 0 Å². The first-order chi connectivity index (χ1) is 15.9. The summed E-state index contributed by atoms with van der Waals surface area (Å²) in [6.07, 6.45) is 1.78. The van der Waals surface area contributed by atoms with Crippen LogP contribution in [0, 0.1) is 5.92 Å². The molecule has 9 heteroatoms. The molecule has 0 saturated heterocycles. The highest BCUT2D eigenvalue weighted by Gasteiger charge is 2.55. The minimum absolute atomic E-state index is 0.230. The molecule has 3 heterocycles. The van der Waals surface area contributed by atoms with Gasteiger partial charge in [0, 0.05) is 5.56 Å². The van der Waals surface area contributed by atoms with Gasteiger partial charge in [0.25, 0.3) is 5.56 Å². The van der Waals surface area contributed by atoms with Gasteiger partial charge in [-0.05, 0) is 36.8 Å². The van der Waals surface area contributed by atoms with Crippen LogP contribution in [0.4, 0.5) is 0 Å². The zero-order valence-electron chi connectivity index (χ0n) is 18.5. The summed E-state index contributed by atoms with van der Waals surface area (Å²) in [6.45, 7) is 1.75. The van der Waals surface area contributed by atoms with Crippen LogP contribution in [-0.4, -0.2) is 37.6 Å². The van der Waals surface area contributed by atoms with E-state index in [1.165, 1.54) is 18.4 Å². The fraction of sp³-hybridized carbons (Fsp3) is 0.292. The van der Waals surface area contributed by atoms with Crippen molar-refractivity contribution in [2.75, 3.05) is 21.3 Å². The van der Waals surface area contributed by atoms with Gasteiger partial charge < -0.3 is 18.9 Å². The Morgan fingerprint density at radius 1 is 1.15 bits per heavy atom. The zero-order chi connectivity index (χ0) is 23.3. The SMILES string of the molecule is COC(=O)C1C2c3ccccc3OC1(C)N=c1s/c(=C/c3ccc(OC)c(OC)c3)c(=O)n12. The number of hydrogen-bond donors (Lipinski definition) is 0. The van der Waals surface area contributed by atoms with Gasteiger partial charge in [0.05, 0.1) is 31.9 Å². The molecule has 0 aliphatic carbocycles. The largest absolute Gasteiger partial charge is 0.493 e. The Bertz CT molecular complexity index is 1440. The van der Waals surface area contributed by atoms with Crippen molar-refractivity contribution < 1.29 is 23.7 Å². The minimum atomic E-state index is -1.19. The van der Waals surface area contributed by atoms with Crippen molar-refractivity contribution in [3.05, 3.63) is 73.3 Å². The Kier molecular flexibility index (Phi) is 5.01. The van der Waals surface area contributed by atoms with E-state index in [0.717, 1.165) is 11.1 Å². The van der Waals surface area contributed by atoms with Crippen LogP contribution in [0.2, 0.25) is 0 Å². The smallest absolute Gasteiger partial charge is 0.317 e. The number of para-hydroxylation sites is 1. The maximum atomic E-state index is 13.6. The maximum absolute atomic E-state index is 13.6. The van der Waals surface area contributed by atoms with Crippen molar-refractivity contribution in [2.45, 2.75) is 18.7 Å². The highest BCUT2D eigenvalue weighted by atomic mass is 32.1. The lowest BCUT2D eigenvalue weighted by Gasteiger charge is -2.44. The number of carbonyl (C=O) groups excluding carboxylic acids is 1. The van der Waals surface area contributed by atoms with E-state index in [0.29, 0.717) is 26.6 Å². The van der Waals surface area contributed by atoms with Crippen LogP contribution in [0.3, 0.4) is 0 Å². The molecule has 2 aliphatic heterocycles. The number of esters is 1. The van der Waals surface area contributed by atoms with Crippen LogP contribution in [0.15, 0.2) is 52.3 Å². The third kappa shape index (κ3) is 3.22. The Morgan fingerprint density at radius 3 is 2.64 bits per heavy atom. The molecular weight excluding hydrogens is 444 g/mol. The third-order valence-electron chi connectivity index (χ3n) is 6.04. The molecule has 0 amide bonds. The van der Waals surface area contributed by atoms with E-state index in [1.807, 2.05) is 30.3 Å². The molecule has 170 valence electrons. The van der Waals surface area contributed by atoms with Crippen LogP contribution in [0.25, 0.3) is 6.08 Å². The number of aromatic nitrogens is 1. The number of thiazole rings is 1. The summed E-state index contributed by atoms with van der Waals surface area (Å²) in [7, 11) is 4.46. The van der Waals surface area contributed by atoms with Gasteiger partial charge in [-0.2, -0.15) is 0 Å². The fourth-order valence-corrected chi connectivity index (χ4v) is 5.62. The summed E-state index contributed by atoms with van der Waals surface area (Å²) in [5.74, 6) is 0.487. The number of benzene rings is 2. The first kappa shape index (κ1) is 21.3. The molecule has 1 aromatic heterocycles. The molecule has 0 saturated carbocycles. The minimum Gasteiger partial charge on any atom is -0.493 e. The average Bonchev–Trinajstić information content (AvgIpc) is 3.11. The molecule has 0 N–H and O–H groups in total. The summed E-state index contributed by atoms with van der Waals surface area (Å²) in [5, 5.41) is 0. The number of ether oxygens (including phenoxy) is 4. The zero-order valence-corrected chi connectivity index (χ0v) is 19.3. The van der Waals surface area contributed by atoms with Crippen LogP contribution in [-0.2, 0) is 9.53 Å². The molecule has 3 aromatic rings. The molecule has 8 nitrogen and oxygen atoms in total. The quantitative estimate of drug-likeness (QED) is 0.546. The van der Waals surface area contributed by atoms with E-state index in [9.17, 15) is 9.59 Å². The van der Waals surface area contributed by atoms with E-state index in [4.69, 9.17) is 23.9 Å². The molecule has 2 bridgehead atoms. The van der Waals surface area contributed by atoms with Crippen molar-refractivity contribution in [1.82, 2.24) is 4.57 Å². The molecular formula is C24H22N2O6S. The van der Waals surface area contributed by atoms with Crippen LogP contribution in [0.5, 0.6) is 17.2 Å². The fourth-order valence-electron chi connectivity index (χ4n) is 4.53. The van der Waals surface area contributed by atoms with Crippen molar-refractivity contribution in [2.24, 2.45) is 10.9 Å². The lowest BCUT2D eigenvalue weighted by atomic mass is 9.81. The summed E-state index contributed by atoms with van der Waals surface area (Å²) in [4.78, 5) is 31.7. The van der Waals surface area contributed by atoms with Crippen LogP contribution >= 0.6 is 11.3 Å². The predicted octanol–water partition coefficient (Wildman–Crippen LogP) is 1.88. The van der Waals surface area contributed by atoms with Gasteiger partial charge in [-0.3, -0.25) is 14.2 Å². The third-order valence-corrected chi connectivity index (χ3v) is 7.02. The lowest BCUT2D eigenvalue weighted by molar-refractivity contribution is -0.158. The number of carbonyl (C=O) groups is 1. The van der Waals surface area contributed by atoms with E-state index >= 15 is 0 Å². The molecule has 3 atom stereocenters. The lowest BCUT2D eigenvalue weighted by Crippen LogP contribution is -2.58. The molecule has 0 radical (unpaired) electrons. The monoisotopic (exact) mass is 466 g/mol. The second-order valence-corrected chi connectivity index (χ2v) is 8.94. The van der Waals surface area contributed by atoms with Crippen molar-refractivity contribution in [3.8, 4) is 17.2 Å². The maximum Gasteiger partial charge on any atom is 0.317 e. The van der Waals surface area contributed by atoms with Crippen LogP contribution in [0.1, 0.15) is 24.1 Å². The number of methoxy groups -OCH3 is 3. The van der Waals surface area contributed by atoms with Crippen molar-refractivity contribution in [1.29, 1.82) is 0 Å². The van der Waals surface area contributed by atoms with Gasteiger partial charge >= 0.3 is 5.97 Å². The molecule has 33 heavy (non-hydrogen) atoms. The van der Waals surface area contributed by atoms with Gasteiger partial charge in [-0.25, -0.2) is 4.99 Å². The first-order valence-electron chi connectivity index (χ1n) is 10.3. The van der Waals surface area contributed by atoms with Gasteiger partial charge in [0.2, 0.25) is 5.72 Å². The number of fused-ring (bicyclic) bond motifs is 6. The Hall–Kier alpha value is -3.59. The van der Waals surface area contributed by atoms with Crippen LogP contribution < -0.4 is 29.1 Å². The number of rotatable bonds is 4. The summed E-state index contributed by atoms with van der Waals surface area (Å²) in [6, 6.07) is 12.2. The molecule has 2 aromatic carbocycles. The average molecular weight is 467 g/mol. The van der Waals surface area contributed by atoms with E-state index in [1.54, 1.807) is 43.9 Å². The summed E-state index contributed by atoms with van der Waals surface area (Å²) >= 11 is 1.26. The molecule has 0 fully saturated rings.